The summed E-state index contributed by atoms with van der Waals surface area (Å²) in [7, 11) is 0. The lowest BCUT2D eigenvalue weighted by atomic mass is 10.3. The summed E-state index contributed by atoms with van der Waals surface area (Å²) in [5.74, 6) is 8.58. The molecule has 1 aromatic rings. The van der Waals surface area contributed by atoms with Gasteiger partial charge in [0, 0.05) is 25.1 Å². The van der Waals surface area contributed by atoms with E-state index in [1.54, 1.807) is 0 Å². The number of nitrogens with zero attached hydrogens (tertiary/aromatic N) is 3. The number of anilines is 2. The Kier molecular flexibility index (Phi) is 3.24. The van der Waals surface area contributed by atoms with E-state index in [1.165, 1.54) is 12.8 Å². The van der Waals surface area contributed by atoms with Crippen molar-refractivity contribution in [3.05, 3.63) is 11.9 Å². The van der Waals surface area contributed by atoms with E-state index in [1.807, 2.05) is 6.07 Å². The number of nitrogens with two attached hydrogens (primary N) is 1. The maximum Gasteiger partial charge on any atom is 0.145 e. The van der Waals surface area contributed by atoms with E-state index < -0.39 is 0 Å². The highest BCUT2D eigenvalue weighted by Gasteiger charge is 2.27. The predicted molar refractivity (Wildman–Crippen MR) is 65.4 cm³/mol. The van der Waals surface area contributed by atoms with Gasteiger partial charge in [0.25, 0.3) is 0 Å². The zero-order valence-corrected chi connectivity index (χ0v) is 9.90. The van der Waals surface area contributed by atoms with Gasteiger partial charge in [-0.25, -0.2) is 15.8 Å². The Hall–Kier alpha value is -1.36. The highest BCUT2D eigenvalue weighted by atomic mass is 15.3. The van der Waals surface area contributed by atoms with Crippen molar-refractivity contribution in [3.63, 3.8) is 0 Å². The number of nitrogens with one attached hydrogen (secondary N) is 1. The summed E-state index contributed by atoms with van der Waals surface area (Å²) in [6, 6.07) is 1.90. The molecule has 0 aliphatic heterocycles. The van der Waals surface area contributed by atoms with Crippen molar-refractivity contribution in [3.8, 4) is 0 Å². The molecule has 3 N–H and O–H groups in total. The van der Waals surface area contributed by atoms with Gasteiger partial charge >= 0.3 is 0 Å². The van der Waals surface area contributed by atoms with Crippen LogP contribution in [-0.2, 0) is 0 Å². The van der Waals surface area contributed by atoms with Crippen LogP contribution in [0.15, 0.2) is 6.07 Å². The SMILES string of the molecule is CCN(CC)c1cc(NN)nc(C2CC2)n1. The Morgan fingerprint density at radius 3 is 2.56 bits per heavy atom. The predicted octanol–water partition coefficient (Wildman–Crippen LogP) is 1.49. The molecule has 5 nitrogen and oxygen atoms in total. The summed E-state index contributed by atoms with van der Waals surface area (Å²) in [5.41, 5.74) is 2.62. The van der Waals surface area contributed by atoms with Gasteiger partial charge in [0.2, 0.25) is 0 Å². The van der Waals surface area contributed by atoms with E-state index >= 15 is 0 Å². The average molecular weight is 221 g/mol. The van der Waals surface area contributed by atoms with E-state index in [4.69, 9.17) is 5.84 Å². The number of hydrogen-bond donors (Lipinski definition) is 2. The highest BCUT2D eigenvalue weighted by Crippen LogP contribution is 2.39. The molecule has 0 saturated heterocycles. The first-order valence-corrected chi connectivity index (χ1v) is 5.89. The molecule has 1 heterocycles. The molecule has 0 unspecified atom stereocenters. The highest BCUT2D eigenvalue weighted by molar-refractivity contribution is 5.49. The first-order valence-electron chi connectivity index (χ1n) is 5.89. The van der Waals surface area contributed by atoms with E-state index in [-0.39, 0.29) is 0 Å². The summed E-state index contributed by atoms with van der Waals surface area (Å²) in [6.45, 7) is 6.14. The lowest BCUT2D eigenvalue weighted by Crippen LogP contribution is -2.24. The minimum atomic E-state index is 0.544. The van der Waals surface area contributed by atoms with Gasteiger partial charge in [-0.3, -0.25) is 0 Å². The van der Waals surface area contributed by atoms with E-state index in [0.717, 1.165) is 24.7 Å². The van der Waals surface area contributed by atoms with Crippen LogP contribution in [0.2, 0.25) is 0 Å². The fraction of sp³-hybridized carbons (Fsp3) is 0.636. The molecule has 0 aromatic carbocycles. The summed E-state index contributed by atoms with van der Waals surface area (Å²) in [6.07, 6.45) is 2.40. The van der Waals surface area contributed by atoms with Gasteiger partial charge in [-0.15, -0.1) is 0 Å². The minimum absolute atomic E-state index is 0.544. The molecule has 1 aliphatic rings. The topological polar surface area (TPSA) is 67.1 Å². The van der Waals surface area contributed by atoms with E-state index in [2.05, 4.69) is 34.1 Å². The summed E-state index contributed by atoms with van der Waals surface area (Å²) >= 11 is 0. The molecular weight excluding hydrogens is 202 g/mol. The summed E-state index contributed by atoms with van der Waals surface area (Å²) in [4.78, 5) is 11.2. The Labute approximate surface area is 96.0 Å². The fourth-order valence-corrected chi connectivity index (χ4v) is 1.76. The third-order valence-corrected chi connectivity index (χ3v) is 2.91. The van der Waals surface area contributed by atoms with Crippen LogP contribution in [-0.4, -0.2) is 23.1 Å². The molecule has 1 aliphatic carbocycles. The Balaban J connectivity index is 2.31. The van der Waals surface area contributed by atoms with Crippen molar-refractivity contribution < 1.29 is 0 Å². The van der Waals surface area contributed by atoms with Crippen LogP contribution in [0.1, 0.15) is 38.4 Å². The molecule has 1 aromatic heterocycles. The standard InChI is InChI=1S/C11H19N5/c1-3-16(4-2)10-7-9(15-12)13-11(14-10)8-5-6-8/h7-8H,3-6,12H2,1-2H3,(H,13,14,15). The van der Waals surface area contributed by atoms with Crippen molar-refractivity contribution in [2.24, 2.45) is 5.84 Å². The van der Waals surface area contributed by atoms with Crippen molar-refractivity contribution in [1.29, 1.82) is 0 Å². The van der Waals surface area contributed by atoms with Crippen LogP contribution in [0.3, 0.4) is 0 Å². The second-order valence-electron chi connectivity index (χ2n) is 4.06. The van der Waals surface area contributed by atoms with E-state index in [0.29, 0.717) is 11.7 Å². The van der Waals surface area contributed by atoms with Crippen molar-refractivity contribution in [1.82, 2.24) is 9.97 Å². The second-order valence-corrected chi connectivity index (χ2v) is 4.06. The molecule has 0 amide bonds. The van der Waals surface area contributed by atoms with Crippen LogP contribution in [0, 0.1) is 0 Å². The lowest BCUT2D eigenvalue weighted by molar-refractivity contribution is 0.820. The monoisotopic (exact) mass is 221 g/mol. The van der Waals surface area contributed by atoms with Gasteiger partial charge in [-0.1, -0.05) is 0 Å². The van der Waals surface area contributed by atoms with Crippen LogP contribution in [0.25, 0.3) is 0 Å². The molecule has 0 atom stereocenters. The number of aromatic nitrogens is 2. The Morgan fingerprint density at radius 2 is 2.06 bits per heavy atom. The largest absolute Gasteiger partial charge is 0.357 e. The van der Waals surface area contributed by atoms with E-state index in [9.17, 15) is 0 Å². The maximum atomic E-state index is 5.43. The third-order valence-electron chi connectivity index (χ3n) is 2.91. The molecular formula is C11H19N5. The van der Waals surface area contributed by atoms with Gasteiger partial charge in [-0.2, -0.15) is 0 Å². The first-order chi connectivity index (χ1) is 7.78. The summed E-state index contributed by atoms with van der Waals surface area (Å²) in [5, 5.41) is 0. The molecule has 0 bridgehead atoms. The van der Waals surface area contributed by atoms with Crippen LogP contribution in [0.5, 0.6) is 0 Å². The number of hydrogen-bond acceptors (Lipinski definition) is 5. The molecule has 1 saturated carbocycles. The maximum absolute atomic E-state index is 5.43. The van der Waals surface area contributed by atoms with Gasteiger partial charge in [-0.05, 0) is 26.7 Å². The van der Waals surface area contributed by atoms with Gasteiger partial charge < -0.3 is 10.3 Å². The Bertz CT molecular complexity index is 357. The van der Waals surface area contributed by atoms with Crippen LogP contribution >= 0.6 is 0 Å². The smallest absolute Gasteiger partial charge is 0.145 e. The van der Waals surface area contributed by atoms with Crippen molar-refractivity contribution in [2.45, 2.75) is 32.6 Å². The van der Waals surface area contributed by atoms with Crippen molar-refractivity contribution in [2.75, 3.05) is 23.4 Å². The first kappa shape index (κ1) is 11.1. The van der Waals surface area contributed by atoms with Crippen LogP contribution in [0.4, 0.5) is 11.6 Å². The van der Waals surface area contributed by atoms with Crippen LogP contribution < -0.4 is 16.2 Å². The molecule has 5 heteroatoms. The van der Waals surface area contributed by atoms with Crippen molar-refractivity contribution >= 4 is 11.6 Å². The molecule has 1 fully saturated rings. The molecule has 0 radical (unpaired) electrons. The van der Waals surface area contributed by atoms with Gasteiger partial charge in [0.1, 0.15) is 17.5 Å². The third kappa shape index (κ3) is 2.24. The lowest BCUT2D eigenvalue weighted by Gasteiger charge is -2.20. The molecule has 0 spiro atoms. The fourth-order valence-electron chi connectivity index (χ4n) is 1.76. The zero-order chi connectivity index (χ0) is 11.5. The number of hydrazine groups is 1. The van der Waals surface area contributed by atoms with Gasteiger partial charge in [0.15, 0.2) is 0 Å². The second kappa shape index (κ2) is 4.65. The number of nitrogen functional groups attached to an aromatic ring is 1. The number of rotatable bonds is 5. The quantitative estimate of drug-likeness (QED) is 0.582. The Morgan fingerprint density at radius 1 is 1.38 bits per heavy atom. The van der Waals surface area contributed by atoms with Gasteiger partial charge in [0.05, 0.1) is 0 Å². The minimum Gasteiger partial charge on any atom is -0.357 e. The molecule has 16 heavy (non-hydrogen) atoms. The summed E-state index contributed by atoms with van der Waals surface area (Å²) < 4.78 is 0. The zero-order valence-electron chi connectivity index (χ0n) is 9.90. The average Bonchev–Trinajstić information content (AvgIpc) is 3.14. The normalized spacial score (nSPS) is 14.9. The molecule has 88 valence electrons. The molecule has 2 rings (SSSR count).